The molecule has 0 radical (unpaired) electrons. The number of esters is 1. The van der Waals surface area contributed by atoms with Crippen LogP contribution in [0.2, 0.25) is 0 Å². The predicted molar refractivity (Wildman–Crippen MR) is 101 cm³/mol. The van der Waals surface area contributed by atoms with Crippen molar-refractivity contribution in [2.45, 2.75) is 13.8 Å². The Morgan fingerprint density at radius 1 is 1.35 bits per heavy atom. The molecule has 2 rings (SSSR count). The third-order valence-corrected chi connectivity index (χ3v) is 4.17. The number of amides is 2. The van der Waals surface area contributed by atoms with Crippen LogP contribution in [0.15, 0.2) is 41.8 Å². The van der Waals surface area contributed by atoms with Gasteiger partial charge in [0.05, 0.1) is 11.5 Å². The summed E-state index contributed by atoms with van der Waals surface area (Å²) >= 11 is 0.800. The molecule has 1 heterocycles. The summed E-state index contributed by atoms with van der Waals surface area (Å²) in [5.74, 6) is -0.277. The second-order valence-corrected chi connectivity index (χ2v) is 7.01. The van der Waals surface area contributed by atoms with Crippen LogP contribution in [-0.4, -0.2) is 41.8 Å². The van der Waals surface area contributed by atoms with E-state index in [0.29, 0.717) is 12.4 Å². The molecule has 0 atom stereocenters. The Morgan fingerprint density at radius 3 is 2.81 bits per heavy atom. The fraction of sp³-hybridized carbons (Fsp3) is 0.316. The van der Waals surface area contributed by atoms with Crippen molar-refractivity contribution < 1.29 is 23.9 Å². The molecule has 6 nitrogen and oxygen atoms in total. The predicted octanol–water partition coefficient (Wildman–Crippen LogP) is 3.49. The maximum atomic E-state index is 12.4. The van der Waals surface area contributed by atoms with Crippen LogP contribution in [-0.2, 0) is 14.3 Å². The summed E-state index contributed by atoms with van der Waals surface area (Å²) in [7, 11) is 0. The number of hydrogen-bond donors (Lipinski definition) is 0. The van der Waals surface area contributed by atoms with Crippen LogP contribution in [0.5, 0.6) is 5.75 Å². The van der Waals surface area contributed by atoms with E-state index in [1.165, 1.54) is 0 Å². The van der Waals surface area contributed by atoms with Gasteiger partial charge in [0.15, 0.2) is 0 Å². The topological polar surface area (TPSA) is 72.9 Å². The Bertz CT molecular complexity index is 741. The number of carbonyl (C=O) groups excluding carboxylic acids is 3. The van der Waals surface area contributed by atoms with Crippen LogP contribution in [0.4, 0.5) is 4.79 Å². The van der Waals surface area contributed by atoms with Gasteiger partial charge in [-0.3, -0.25) is 19.3 Å². The lowest BCUT2D eigenvalue weighted by molar-refractivity contribution is -0.147. The zero-order chi connectivity index (χ0) is 19.1. The third kappa shape index (κ3) is 5.49. The molecule has 1 fully saturated rings. The van der Waals surface area contributed by atoms with Gasteiger partial charge in [0.25, 0.3) is 11.1 Å². The van der Waals surface area contributed by atoms with E-state index < -0.39 is 17.1 Å². The molecule has 0 aliphatic carbocycles. The molecule has 0 N–H and O–H groups in total. The fourth-order valence-electron chi connectivity index (χ4n) is 2.07. The number of rotatable bonds is 8. The number of thioether (sulfide) groups is 1. The van der Waals surface area contributed by atoms with Crippen molar-refractivity contribution in [3.63, 3.8) is 0 Å². The van der Waals surface area contributed by atoms with E-state index in [1.807, 2.05) is 13.8 Å². The maximum absolute atomic E-state index is 12.4. The summed E-state index contributed by atoms with van der Waals surface area (Å²) in [6.45, 7) is 7.65. The standard InChI is InChI=1S/C19H21NO5S/c1-4-8-24-15-7-5-6-14(9-15)10-16-18(22)20(19(23)26-16)11-17(21)25-12-13(2)3/h4-7,9-10,13H,1,8,11-12H2,2-3H3/b16-10+. The first kappa shape index (κ1) is 19.8. The van der Waals surface area contributed by atoms with Gasteiger partial charge in [0.2, 0.25) is 0 Å². The zero-order valence-electron chi connectivity index (χ0n) is 14.8. The van der Waals surface area contributed by atoms with Gasteiger partial charge in [0.1, 0.15) is 18.9 Å². The molecule has 1 aromatic rings. The maximum Gasteiger partial charge on any atom is 0.326 e. The molecule has 1 saturated heterocycles. The Hall–Kier alpha value is -2.54. The molecular formula is C19H21NO5S. The molecule has 26 heavy (non-hydrogen) atoms. The van der Waals surface area contributed by atoms with E-state index in [9.17, 15) is 14.4 Å². The van der Waals surface area contributed by atoms with E-state index in [4.69, 9.17) is 9.47 Å². The van der Waals surface area contributed by atoms with Crippen molar-refractivity contribution in [2.75, 3.05) is 19.8 Å². The molecule has 7 heteroatoms. The summed E-state index contributed by atoms with van der Waals surface area (Å²) in [6, 6.07) is 7.13. The highest BCUT2D eigenvalue weighted by atomic mass is 32.2. The van der Waals surface area contributed by atoms with Crippen molar-refractivity contribution in [2.24, 2.45) is 5.92 Å². The Kier molecular flexibility index (Phi) is 7.03. The number of carbonyl (C=O) groups is 3. The Labute approximate surface area is 156 Å². The summed E-state index contributed by atoms with van der Waals surface area (Å²) in [5, 5.41) is -0.484. The summed E-state index contributed by atoms with van der Waals surface area (Å²) in [5.41, 5.74) is 0.722. The van der Waals surface area contributed by atoms with Gasteiger partial charge in [0, 0.05) is 0 Å². The Balaban J connectivity index is 2.06. The minimum atomic E-state index is -0.595. The molecule has 1 aliphatic rings. The quantitative estimate of drug-likeness (QED) is 0.393. The average molecular weight is 375 g/mol. The molecular weight excluding hydrogens is 354 g/mol. The average Bonchev–Trinajstić information content (AvgIpc) is 2.86. The van der Waals surface area contributed by atoms with Gasteiger partial charge in [-0.2, -0.15) is 0 Å². The largest absolute Gasteiger partial charge is 0.490 e. The van der Waals surface area contributed by atoms with Crippen LogP contribution in [0.1, 0.15) is 19.4 Å². The second-order valence-electron chi connectivity index (χ2n) is 6.02. The summed E-state index contributed by atoms with van der Waals surface area (Å²) < 4.78 is 10.5. The third-order valence-electron chi connectivity index (χ3n) is 3.26. The monoisotopic (exact) mass is 375 g/mol. The smallest absolute Gasteiger partial charge is 0.326 e. The molecule has 0 aromatic heterocycles. The van der Waals surface area contributed by atoms with Crippen LogP contribution >= 0.6 is 11.8 Å². The van der Waals surface area contributed by atoms with Crippen molar-refractivity contribution in [3.8, 4) is 5.75 Å². The van der Waals surface area contributed by atoms with Crippen molar-refractivity contribution in [1.82, 2.24) is 4.90 Å². The minimum Gasteiger partial charge on any atom is -0.490 e. The first-order valence-corrected chi connectivity index (χ1v) is 8.97. The first-order valence-electron chi connectivity index (χ1n) is 8.15. The summed E-state index contributed by atoms with van der Waals surface area (Å²) in [6.07, 6.45) is 3.24. The van der Waals surface area contributed by atoms with Gasteiger partial charge >= 0.3 is 5.97 Å². The molecule has 1 aromatic carbocycles. The van der Waals surface area contributed by atoms with Crippen LogP contribution < -0.4 is 4.74 Å². The van der Waals surface area contributed by atoms with Crippen molar-refractivity contribution >= 4 is 35.0 Å². The van der Waals surface area contributed by atoms with Gasteiger partial charge in [-0.25, -0.2) is 0 Å². The second kappa shape index (κ2) is 9.24. The lowest BCUT2D eigenvalue weighted by atomic mass is 10.2. The van der Waals surface area contributed by atoms with Gasteiger partial charge < -0.3 is 9.47 Å². The molecule has 138 valence electrons. The molecule has 0 spiro atoms. The highest BCUT2D eigenvalue weighted by Gasteiger charge is 2.36. The minimum absolute atomic E-state index is 0.185. The van der Waals surface area contributed by atoms with Crippen LogP contribution in [0.25, 0.3) is 6.08 Å². The highest BCUT2D eigenvalue weighted by Crippen LogP contribution is 2.32. The van der Waals surface area contributed by atoms with Crippen LogP contribution in [0.3, 0.4) is 0 Å². The zero-order valence-corrected chi connectivity index (χ0v) is 15.6. The molecule has 2 amide bonds. The van der Waals surface area contributed by atoms with Gasteiger partial charge in [-0.15, -0.1) is 0 Å². The lowest BCUT2D eigenvalue weighted by Crippen LogP contribution is -2.34. The molecule has 1 aliphatic heterocycles. The Morgan fingerprint density at radius 2 is 2.12 bits per heavy atom. The normalized spacial score (nSPS) is 15.7. The number of hydrogen-bond acceptors (Lipinski definition) is 6. The summed E-state index contributed by atoms with van der Waals surface area (Å²) in [4.78, 5) is 37.4. The SMILES string of the molecule is C=CCOc1cccc(/C=C2/SC(=O)N(CC(=O)OCC(C)C)C2=O)c1. The van der Waals surface area contributed by atoms with Gasteiger partial charge in [-0.05, 0) is 41.5 Å². The number of nitrogens with zero attached hydrogens (tertiary/aromatic N) is 1. The first-order chi connectivity index (χ1) is 12.4. The number of benzene rings is 1. The number of imide groups is 1. The molecule has 0 unspecified atom stereocenters. The highest BCUT2D eigenvalue weighted by molar-refractivity contribution is 8.18. The van der Waals surface area contributed by atoms with E-state index in [2.05, 4.69) is 6.58 Å². The molecule has 0 bridgehead atoms. The van der Waals surface area contributed by atoms with E-state index in [0.717, 1.165) is 22.2 Å². The van der Waals surface area contributed by atoms with Crippen molar-refractivity contribution in [1.29, 1.82) is 0 Å². The fourth-order valence-corrected chi connectivity index (χ4v) is 2.91. The van der Waals surface area contributed by atoms with E-state index in [-0.39, 0.29) is 24.0 Å². The van der Waals surface area contributed by atoms with E-state index >= 15 is 0 Å². The van der Waals surface area contributed by atoms with Gasteiger partial charge in [-0.1, -0.05) is 38.6 Å². The molecule has 0 saturated carbocycles. The lowest BCUT2D eigenvalue weighted by Gasteiger charge is -2.12. The van der Waals surface area contributed by atoms with E-state index in [1.54, 1.807) is 36.4 Å². The van der Waals surface area contributed by atoms with Crippen molar-refractivity contribution in [3.05, 3.63) is 47.4 Å². The number of ether oxygens (including phenoxy) is 2. The van der Waals surface area contributed by atoms with Crippen LogP contribution in [0, 0.1) is 5.92 Å².